The first-order valence-corrected chi connectivity index (χ1v) is 5.45. The van der Waals surface area contributed by atoms with Gasteiger partial charge in [0.15, 0.2) is 0 Å². The summed E-state index contributed by atoms with van der Waals surface area (Å²) < 4.78 is 13.2. The third kappa shape index (κ3) is 1.77. The molecule has 0 aromatic heterocycles. The molecule has 0 aliphatic carbocycles. The second-order valence-electron chi connectivity index (χ2n) is 3.56. The fraction of sp³-hybridized carbons (Fsp3) is 0.273. The van der Waals surface area contributed by atoms with Gasteiger partial charge in [-0.2, -0.15) is 0 Å². The maximum Gasteiger partial charge on any atom is 0.147 e. The zero-order valence-electron chi connectivity index (χ0n) is 8.01. The van der Waals surface area contributed by atoms with Gasteiger partial charge in [-0.25, -0.2) is 4.39 Å². The number of allylic oxidation sites excluding steroid dienone is 1. The van der Waals surface area contributed by atoms with Gasteiger partial charge in [0, 0.05) is 4.90 Å². The van der Waals surface area contributed by atoms with Crippen molar-refractivity contribution in [3.05, 3.63) is 34.5 Å². The van der Waals surface area contributed by atoms with Gasteiger partial charge in [0.25, 0.3) is 0 Å². The Morgan fingerprint density at radius 1 is 1.36 bits per heavy atom. The van der Waals surface area contributed by atoms with Crippen LogP contribution in [0.2, 0.25) is 0 Å². The van der Waals surface area contributed by atoms with Gasteiger partial charge in [-0.15, -0.1) is 0 Å². The SMILES string of the molecule is CC1=CSc2cc(F)c(N)cc2CC1. The molecule has 0 unspecified atom stereocenters. The van der Waals surface area contributed by atoms with Crippen LogP contribution in [0.4, 0.5) is 10.1 Å². The summed E-state index contributed by atoms with van der Waals surface area (Å²) >= 11 is 1.58. The lowest BCUT2D eigenvalue weighted by Gasteiger charge is -2.06. The fourth-order valence-electron chi connectivity index (χ4n) is 1.48. The number of benzene rings is 1. The van der Waals surface area contributed by atoms with E-state index >= 15 is 0 Å². The number of thioether (sulfide) groups is 1. The van der Waals surface area contributed by atoms with Gasteiger partial charge in [-0.05, 0) is 42.9 Å². The average Bonchev–Trinajstić information content (AvgIpc) is 2.31. The number of hydrogen-bond donors (Lipinski definition) is 1. The highest BCUT2D eigenvalue weighted by molar-refractivity contribution is 8.02. The molecular formula is C11H12FNS. The molecule has 3 heteroatoms. The standard InChI is InChI=1S/C11H12FNS/c1-7-2-3-8-4-10(13)9(12)5-11(8)14-6-7/h4-6H,2-3,13H2,1H3. The van der Waals surface area contributed by atoms with E-state index in [9.17, 15) is 4.39 Å². The van der Waals surface area contributed by atoms with Crippen LogP contribution < -0.4 is 5.73 Å². The topological polar surface area (TPSA) is 26.0 Å². The van der Waals surface area contributed by atoms with Crippen LogP contribution in [0, 0.1) is 5.82 Å². The van der Waals surface area contributed by atoms with Crippen molar-refractivity contribution < 1.29 is 4.39 Å². The summed E-state index contributed by atoms with van der Waals surface area (Å²) in [5.41, 5.74) is 8.27. The Morgan fingerprint density at radius 2 is 2.14 bits per heavy atom. The van der Waals surface area contributed by atoms with Crippen molar-refractivity contribution in [2.45, 2.75) is 24.7 Å². The van der Waals surface area contributed by atoms with Crippen molar-refractivity contribution >= 4 is 17.4 Å². The Hall–Kier alpha value is -0.960. The molecule has 0 amide bonds. The van der Waals surface area contributed by atoms with Crippen molar-refractivity contribution in [2.24, 2.45) is 0 Å². The molecule has 0 saturated heterocycles. The van der Waals surface area contributed by atoms with Crippen molar-refractivity contribution in [1.82, 2.24) is 0 Å². The van der Waals surface area contributed by atoms with Crippen LogP contribution in [0.5, 0.6) is 0 Å². The van der Waals surface area contributed by atoms with Gasteiger partial charge >= 0.3 is 0 Å². The summed E-state index contributed by atoms with van der Waals surface area (Å²) in [7, 11) is 0. The largest absolute Gasteiger partial charge is 0.396 e. The molecule has 1 aliphatic rings. The number of anilines is 1. The van der Waals surface area contributed by atoms with Crippen molar-refractivity contribution in [1.29, 1.82) is 0 Å². The van der Waals surface area contributed by atoms with Crippen LogP contribution in [-0.2, 0) is 6.42 Å². The quantitative estimate of drug-likeness (QED) is 0.663. The predicted molar refractivity (Wildman–Crippen MR) is 58.7 cm³/mol. The van der Waals surface area contributed by atoms with E-state index in [1.54, 1.807) is 17.8 Å². The van der Waals surface area contributed by atoms with Crippen LogP contribution in [0.1, 0.15) is 18.9 Å². The van der Waals surface area contributed by atoms with Gasteiger partial charge in [0.2, 0.25) is 0 Å². The van der Waals surface area contributed by atoms with E-state index in [1.807, 2.05) is 0 Å². The molecular weight excluding hydrogens is 197 g/mol. The van der Waals surface area contributed by atoms with Crippen LogP contribution >= 0.6 is 11.8 Å². The molecule has 1 heterocycles. The van der Waals surface area contributed by atoms with Crippen molar-refractivity contribution in [3.8, 4) is 0 Å². The summed E-state index contributed by atoms with van der Waals surface area (Å²) in [6.07, 6.45) is 1.99. The van der Waals surface area contributed by atoms with Crippen molar-refractivity contribution in [3.63, 3.8) is 0 Å². The van der Waals surface area contributed by atoms with Gasteiger partial charge in [-0.1, -0.05) is 17.3 Å². The maximum absolute atomic E-state index is 13.2. The number of hydrogen-bond acceptors (Lipinski definition) is 2. The molecule has 74 valence electrons. The first-order chi connectivity index (χ1) is 6.66. The number of rotatable bonds is 0. The molecule has 1 aliphatic heterocycles. The fourth-order valence-corrected chi connectivity index (χ4v) is 2.41. The number of halogens is 1. The van der Waals surface area contributed by atoms with E-state index in [4.69, 9.17) is 5.73 Å². The molecule has 0 saturated carbocycles. The average molecular weight is 209 g/mol. The smallest absolute Gasteiger partial charge is 0.147 e. The molecule has 2 rings (SSSR count). The van der Waals surface area contributed by atoms with Crippen molar-refractivity contribution in [2.75, 3.05) is 5.73 Å². The summed E-state index contributed by atoms with van der Waals surface area (Å²) in [4.78, 5) is 0.994. The second-order valence-corrected chi connectivity index (χ2v) is 4.47. The monoisotopic (exact) mass is 209 g/mol. The first-order valence-electron chi connectivity index (χ1n) is 4.57. The lowest BCUT2D eigenvalue weighted by molar-refractivity contribution is 0.627. The first kappa shape index (κ1) is 9.59. The zero-order chi connectivity index (χ0) is 10.1. The zero-order valence-corrected chi connectivity index (χ0v) is 8.83. The lowest BCUT2D eigenvalue weighted by Crippen LogP contribution is -1.95. The molecule has 1 aromatic rings. The molecule has 0 bridgehead atoms. The normalized spacial score (nSPS) is 15.7. The Balaban J connectivity index is 2.43. The Morgan fingerprint density at radius 3 is 2.93 bits per heavy atom. The summed E-state index contributed by atoms with van der Waals surface area (Å²) in [6, 6.07) is 3.29. The van der Waals surface area contributed by atoms with Gasteiger partial charge in [0.05, 0.1) is 5.69 Å². The molecule has 0 atom stereocenters. The van der Waals surface area contributed by atoms with E-state index in [2.05, 4.69) is 12.3 Å². The van der Waals surface area contributed by atoms with Crippen LogP contribution in [0.3, 0.4) is 0 Å². The number of nitrogens with two attached hydrogens (primary N) is 1. The van der Waals surface area contributed by atoms with E-state index in [0.717, 1.165) is 23.3 Å². The van der Waals surface area contributed by atoms with E-state index < -0.39 is 0 Å². The van der Waals surface area contributed by atoms with Crippen LogP contribution in [-0.4, -0.2) is 0 Å². The van der Waals surface area contributed by atoms with Crippen LogP contribution in [0.15, 0.2) is 28.0 Å². The summed E-state index contributed by atoms with van der Waals surface area (Å²) in [5.74, 6) is -0.316. The second kappa shape index (κ2) is 3.65. The predicted octanol–water partition coefficient (Wildman–Crippen LogP) is 3.35. The highest BCUT2D eigenvalue weighted by atomic mass is 32.2. The Bertz CT molecular complexity index is 399. The molecule has 0 radical (unpaired) electrons. The van der Waals surface area contributed by atoms with Crippen LogP contribution in [0.25, 0.3) is 0 Å². The molecule has 2 N–H and O–H groups in total. The molecule has 14 heavy (non-hydrogen) atoms. The number of aryl methyl sites for hydroxylation is 1. The highest BCUT2D eigenvalue weighted by Gasteiger charge is 2.10. The molecule has 1 nitrogen and oxygen atoms in total. The van der Waals surface area contributed by atoms with Gasteiger partial charge in [0.1, 0.15) is 5.82 Å². The lowest BCUT2D eigenvalue weighted by atomic mass is 10.1. The summed E-state index contributed by atoms with van der Waals surface area (Å²) in [6.45, 7) is 2.10. The Labute approximate surface area is 87.2 Å². The molecule has 0 spiro atoms. The number of nitrogen functional groups attached to an aromatic ring is 1. The van der Waals surface area contributed by atoms with E-state index in [-0.39, 0.29) is 11.5 Å². The minimum atomic E-state index is -0.316. The number of fused-ring (bicyclic) bond motifs is 1. The highest BCUT2D eigenvalue weighted by Crippen LogP contribution is 2.33. The molecule has 0 fully saturated rings. The minimum Gasteiger partial charge on any atom is -0.396 e. The van der Waals surface area contributed by atoms with Gasteiger partial charge in [-0.3, -0.25) is 0 Å². The minimum absolute atomic E-state index is 0.254. The molecule has 1 aromatic carbocycles. The Kier molecular flexibility index (Phi) is 2.50. The third-order valence-corrected chi connectivity index (χ3v) is 3.51. The van der Waals surface area contributed by atoms with E-state index in [1.165, 1.54) is 11.6 Å². The van der Waals surface area contributed by atoms with Gasteiger partial charge < -0.3 is 5.73 Å². The maximum atomic E-state index is 13.2. The summed E-state index contributed by atoms with van der Waals surface area (Å²) in [5, 5.41) is 2.08. The van der Waals surface area contributed by atoms with E-state index in [0.29, 0.717) is 0 Å². The third-order valence-electron chi connectivity index (χ3n) is 2.36.